The molecule has 3 aromatic carbocycles. The summed E-state index contributed by atoms with van der Waals surface area (Å²) in [6.07, 6.45) is 10.8. The Kier molecular flexibility index (Phi) is 10.1. The summed E-state index contributed by atoms with van der Waals surface area (Å²) in [5, 5.41) is 0. The normalized spacial score (nSPS) is 18.4. The van der Waals surface area contributed by atoms with Gasteiger partial charge in [-0.05, 0) is 113 Å². The second-order valence-corrected chi connectivity index (χ2v) is 11.8. The van der Waals surface area contributed by atoms with E-state index >= 15 is 0 Å². The highest BCUT2D eigenvalue weighted by Crippen LogP contribution is 2.38. The third-order valence-electron chi connectivity index (χ3n) is 9.12. The van der Waals surface area contributed by atoms with Gasteiger partial charge in [0, 0.05) is 0 Å². The van der Waals surface area contributed by atoms with E-state index in [1.165, 1.54) is 76.6 Å². The molecule has 4 rings (SSSR count). The van der Waals surface area contributed by atoms with E-state index < -0.39 is 0 Å². The Hall–Kier alpha value is -2.54. The minimum atomic E-state index is 0.711. The molecule has 1 aliphatic carbocycles. The maximum Gasteiger partial charge on any atom is 0.122 e. The minimum Gasteiger partial charge on any atom is -0.493 e. The van der Waals surface area contributed by atoms with Crippen LogP contribution in [0.2, 0.25) is 0 Å². The quantitative estimate of drug-likeness (QED) is 0.249. The number of rotatable bonds is 11. The lowest BCUT2D eigenvalue weighted by Gasteiger charge is -2.26. The van der Waals surface area contributed by atoms with E-state index in [2.05, 4.69) is 96.1 Å². The van der Waals surface area contributed by atoms with Gasteiger partial charge in [0.2, 0.25) is 0 Å². The fourth-order valence-electron chi connectivity index (χ4n) is 6.06. The van der Waals surface area contributed by atoms with Gasteiger partial charge >= 0.3 is 0 Å². The number of hydrogen-bond acceptors (Lipinski definition) is 1. The van der Waals surface area contributed by atoms with Gasteiger partial charge in [-0.3, -0.25) is 0 Å². The summed E-state index contributed by atoms with van der Waals surface area (Å²) in [5.41, 5.74) is 11.1. The van der Waals surface area contributed by atoms with Crippen molar-refractivity contribution in [3.05, 3.63) is 76.9 Å². The zero-order valence-corrected chi connectivity index (χ0v) is 24.9. The Labute approximate surface area is 233 Å². The third-order valence-corrected chi connectivity index (χ3v) is 9.12. The number of benzene rings is 3. The van der Waals surface area contributed by atoms with Gasteiger partial charge in [0.05, 0.1) is 6.61 Å². The highest BCUT2D eigenvalue weighted by atomic mass is 16.5. The van der Waals surface area contributed by atoms with Gasteiger partial charge in [-0.15, -0.1) is 0 Å². The van der Waals surface area contributed by atoms with E-state index in [4.69, 9.17) is 4.74 Å². The lowest BCUT2D eigenvalue weighted by atomic mass is 9.79. The molecule has 1 aliphatic rings. The van der Waals surface area contributed by atoms with Gasteiger partial charge in [-0.2, -0.15) is 0 Å². The monoisotopic (exact) mass is 510 g/mol. The van der Waals surface area contributed by atoms with Crippen LogP contribution in [0.4, 0.5) is 0 Å². The van der Waals surface area contributed by atoms with Crippen LogP contribution in [-0.2, 0) is 19.3 Å². The number of aryl methyl sites for hydroxylation is 3. The Morgan fingerprint density at radius 3 is 1.97 bits per heavy atom. The standard InChI is InChI=1S/C37H50O/c1-7-26(5)21-22-38-37-25-29(9-3)36(24-30(37)10-4)35-20-19-34(23-28(35)8-2)33-17-15-32(16-18-33)31-13-11-27(6)12-14-31/h15-20,23-27,31H,7-14,21-22H2,1-6H3. The summed E-state index contributed by atoms with van der Waals surface area (Å²) in [4.78, 5) is 0. The summed E-state index contributed by atoms with van der Waals surface area (Å²) in [5.74, 6) is 3.44. The molecule has 1 unspecified atom stereocenters. The first-order valence-electron chi connectivity index (χ1n) is 15.5. The highest BCUT2D eigenvalue weighted by Gasteiger charge is 2.20. The van der Waals surface area contributed by atoms with Crippen molar-refractivity contribution in [2.24, 2.45) is 11.8 Å². The van der Waals surface area contributed by atoms with E-state index in [0.717, 1.165) is 49.9 Å². The van der Waals surface area contributed by atoms with Crippen LogP contribution in [0.25, 0.3) is 22.3 Å². The first-order valence-corrected chi connectivity index (χ1v) is 15.5. The maximum absolute atomic E-state index is 6.33. The number of hydrogen-bond donors (Lipinski definition) is 0. The van der Waals surface area contributed by atoms with E-state index in [1.807, 2.05) is 0 Å². The van der Waals surface area contributed by atoms with Crippen molar-refractivity contribution in [2.45, 2.75) is 105 Å². The van der Waals surface area contributed by atoms with E-state index in [1.54, 1.807) is 0 Å². The SMILES string of the molecule is CCc1cc(-c2ccc(-c3ccc(C4CCC(C)CC4)cc3)cc2CC)c(CC)cc1OCCC(C)CC. The summed E-state index contributed by atoms with van der Waals surface area (Å²) in [6, 6.07) is 21.3. The zero-order chi connectivity index (χ0) is 27.1. The van der Waals surface area contributed by atoms with Crippen LogP contribution in [0, 0.1) is 11.8 Å². The Balaban J connectivity index is 1.59. The summed E-state index contributed by atoms with van der Waals surface area (Å²) < 4.78 is 6.33. The van der Waals surface area contributed by atoms with Crippen molar-refractivity contribution < 1.29 is 4.74 Å². The Morgan fingerprint density at radius 2 is 1.34 bits per heavy atom. The molecule has 38 heavy (non-hydrogen) atoms. The molecule has 1 atom stereocenters. The van der Waals surface area contributed by atoms with Crippen molar-refractivity contribution >= 4 is 0 Å². The Bertz CT molecular complexity index is 1160. The molecule has 1 saturated carbocycles. The highest BCUT2D eigenvalue weighted by molar-refractivity contribution is 5.77. The first-order chi connectivity index (χ1) is 18.5. The van der Waals surface area contributed by atoms with Crippen LogP contribution < -0.4 is 4.74 Å². The molecule has 204 valence electrons. The molecule has 0 N–H and O–H groups in total. The molecule has 1 fully saturated rings. The maximum atomic E-state index is 6.33. The van der Waals surface area contributed by atoms with Crippen molar-refractivity contribution in [1.29, 1.82) is 0 Å². The van der Waals surface area contributed by atoms with Gasteiger partial charge < -0.3 is 4.74 Å². The topological polar surface area (TPSA) is 9.23 Å². The lowest BCUT2D eigenvalue weighted by Crippen LogP contribution is -2.10. The average Bonchev–Trinajstić information content (AvgIpc) is 2.97. The van der Waals surface area contributed by atoms with Gasteiger partial charge in [0.25, 0.3) is 0 Å². The summed E-state index contributed by atoms with van der Waals surface area (Å²) >= 11 is 0. The zero-order valence-electron chi connectivity index (χ0n) is 24.9. The molecule has 1 nitrogen and oxygen atoms in total. The number of ether oxygens (including phenoxy) is 1. The second-order valence-electron chi connectivity index (χ2n) is 11.8. The Morgan fingerprint density at radius 1 is 0.711 bits per heavy atom. The summed E-state index contributed by atoms with van der Waals surface area (Å²) in [7, 11) is 0. The van der Waals surface area contributed by atoms with Crippen LogP contribution in [0.15, 0.2) is 54.6 Å². The van der Waals surface area contributed by atoms with Crippen LogP contribution in [-0.4, -0.2) is 6.61 Å². The molecule has 0 aliphatic heterocycles. The van der Waals surface area contributed by atoms with E-state index in [0.29, 0.717) is 5.92 Å². The molecule has 1 heteroatoms. The average molecular weight is 511 g/mol. The van der Waals surface area contributed by atoms with E-state index in [9.17, 15) is 0 Å². The lowest BCUT2D eigenvalue weighted by molar-refractivity contribution is 0.279. The van der Waals surface area contributed by atoms with E-state index in [-0.39, 0.29) is 0 Å². The van der Waals surface area contributed by atoms with Gasteiger partial charge in [-0.1, -0.05) is 103 Å². The van der Waals surface area contributed by atoms with Crippen molar-refractivity contribution in [3.8, 4) is 28.0 Å². The largest absolute Gasteiger partial charge is 0.493 e. The van der Waals surface area contributed by atoms with Crippen LogP contribution in [0.1, 0.15) is 108 Å². The molecular formula is C37H50O. The molecule has 0 saturated heterocycles. The predicted molar refractivity (Wildman–Crippen MR) is 165 cm³/mol. The first kappa shape index (κ1) is 28.5. The molecule has 0 spiro atoms. The fourth-order valence-corrected chi connectivity index (χ4v) is 6.06. The van der Waals surface area contributed by atoms with Crippen LogP contribution in [0.5, 0.6) is 5.75 Å². The molecule has 0 aromatic heterocycles. The van der Waals surface area contributed by atoms with Crippen LogP contribution in [0.3, 0.4) is 0 Å². The van der Waals surface area contributed by atoms with Gasteiger partial charge in [0.15, 0.2) is 0 Å². The molecule has 0 amide bonds. The molecular weight excluding hydrogens is 460 g/mol. The van der Waals surface area contributed by atoms with Gasteiger partial charge in [0.1, 0.15) is 5.75 Å². The summed E-state index contributed by atoms with van der Waals surface area (Å²) in [6.45, 7) is 14.6. The van der Waals surface area contributed by atoms with Crippen molar-refractivity contribution in [3.63, 3.8) is 0 Å². The minimum absolute atomic E-state index is 0.711. The van der Waals surface area contributed by atoms with Crippen molar-refractivity contribution in [2.75, 3.05) is 6.61 Å². The fraction of sp³-hybridized carbons (Fsp3) is 0.514. The second kappa shape index (κ2) is 13.5. The smallest absolute Gasteiger partial charge is 0.122 e. The van der Waals surface area contributed by atoms with Gasteiger partial charge in [-0.25, -0.2) is 0 Å². The molecule has 3 aromatic rings. The molecule has 0 bridgehead atoms. The predicted octanol–water partition coefficient (Wildman–Crippen LogP) is 10.8. The van der Waals surface area contributed by atoms with Crippen molar-refractivity contribution in [1.82, 2.24) is 0 Å². The molecule has 0 radical (unpaired) electrons. The third kappa shape index (κ3) is 6.71. The molecule has 0 heterocycles. The van der Waals surface area contributed by atoms with Crippen LogP contribution >= 0.6 is 0 Å².